The molecule has 0 amide bonds. The van der Waals surface area contributed by atoms with Crippen LogP contribution in [0.4, 0.5) is 0 Å². The van der Waals surface area contributed by atoms with E-state index in [0.29, 0.717) is 5.41 Å². The van der Waals surface area contributed by atoms with E-state index in [1.54, 1.807) is 0 Å². The Hall–Kier alpha value is -0.0800. The molecule has 1 heterocycles. The standard InChI is InChI=1S/C9H19NO/c1-5-9(4)10-6-8(2,3)7-11-9/h10H,5-7H2,1-4H3. The summed E-state index contributed by atoms with van der Waals surface area (Å²) in [5.74, 6) is 0. The molecule has 1 N–H and O–H groups in total. The molecule has 1 saturated heterocycles. The maximum Gasteiger partial charge on any atom is 0.116 e. The molecule has 0 aromatic heterocycles. The van der Waals surface area contributed by atoms with E-state index in [1.165, 1.54) is 0 Å². The lowest BCUT2D eigenvalue weighted by Crippen LogP contribution is -2.55. The number of hydrogen-bond acceptors (Lipinski definition) is 2. The minimum absolute atomic E-state index is 0.0739. The zero-order valence-corrected chi connectivity index (χ0v) is 8.03. The molecule has 2 heteroatoms. The van der Waals surface area contributed by atoms with E-state index in [-0.39, 0.29) is 5.72 Å². The van der Waals surface area contributed by atoms with Crippen molar-refractivity contribution in [3.8, 4) is 0 Å². The summed E-state index contributed by atoms with van der Waals surface area (Å²) in [7, 11) is 0. The number of ether oxygens (including phenoxy) is 1. The summed E-state index contributed by atoms with van der Waals surface area (Å²) in [5.41, 5.74) is 0.226. The first-order valence-electron chi connectivity index (χ1n) is 4.36. The van der Waals surface area contributed by atoms with Crippen LogP contribution in [-0.2, 0) is 4.74 Å². The van der Waals surface area contributed by atoms with Crippen molar-refractivity contribution in [3.63, 3.8) is 0 Å². The smallest absolute Gasteiger partial charge is 0.116 e. The van der Waals surface area contributed by atoms with Crippen LogP contribution in [0.3, 0.4) is 0 Å². The predicted molar refractivity (Wildman–Crippen MR) is 46.4 cm³/mol. The van der Waals surface area contributed by atoms with Crippen LogP contribution in [0, 0.1) is 5.41 Å². The molecule has 1 fully saturated rings. The molecule has 1 aliphatic rings. The van der Waals surface area contributed by atoms with Gasteiger partial charge >= 0.3 is 0 Å². The molecule has 66 valence electrons. The van der Waals surface area contributed by atoms with Gasteiger partial charge in [-0.05, 0) is 13.3 Å². The van der Waals surface area contributed by atoms with E-state index in [1.807, 2.05) is 0 Å². The molecule has 0 radical (unpaired) electrons. The zero-order chi connectivity index (χ0) is 8.54. The van der Waals surface area contributed by atoms with Crippen molar-refractivity contribution < 1.29 is 4.74 Å². The maximum atomic E-state index is 5.72. The van der Waals surface area contributed by atoms with Crippen molar-refractivity contribution in [1.82, 2.24) is 5.32 Å². The minimum atomic E-state index is -0.0739. The van der Waals surface area contributed by atoms with E-state index in [9.17, 15) is 0 Å². The summed E-state index contributed by atoms with van der Waals surface area (Å²) >= 11 is 0. The fourth-order valence-corrected chi connectivity index (χ4v) is 1.11. The summed E-state index contributed by atoms with van der Waals surface area (Å²) in [4.78, 5) is 0. The van der Waals surface area contributed by atoms with E-state index in [0.717, 1.165) is 19.6 Å². The molecule has 0 bridgehead atoms. The van der Waals surface area contributed by atoms with E-state index in [2.05, 4.69) is 33.0 Å². The van der Waals surface area contributed by atoms with Crippen LogP contribution in [0.2, 0.25) is 0 Å². The fraction of sp³-hybridized carbons (Fsp3) is 1.00. The maximum absolute atomic E-state index is 5.72. The molecule has 1 unspecified atom stereocenters. The lowest BCUT2D eigenvalue weighted by atomic mass is 9.92. The largest absolute Gasteiger partial charge is 0.360 e. The quantitative estimate of drug-likeness (QED) is 0.626. The summed E-state index contributed by atoms with van der Waals surface area (Å²) < 4.78 is 5.72. The monoisotopic (exact) mass is 157 g/mol. The first-order chi connectivity index (χ1) is 4.97. The van der Waals surface area contributed by atoms with Crippen molar-refractivity contribution in [2.75, 3.05) is 13.2 Å². The van der Waals surface area contributed by atoms with Crippen LogP contribution < -0.4 is 5.32 Å². The molecule has 1 atom stereocenters. The van der Waals surface area contributed by atoms with Crippen LogP contribution in [0.5, 0.6) is 0 Å². The van der Waals surface area contributed by atoms with Crippen molar-refractivity contribution in [1.29, 1.82) is 0 Å². The molecular weight excluding hydrogens is 138 g/mol. The third-order valence-electron chi connectivity index (χ3n) is 2.40. The highest BCUT2D eigenvalue weighted by atomic mass is 16.5. The molecule has 2 nitrogen and oxygen atoms in total. The Morgan fingerprint density at radius 2 is 2.00 bits per heavy atom. The minimum Gasteiger partial charge on any atom is -0.360 e. The topological polar surface area (TPSA) is 21.3 Å². The first kappa shape index (κ1) is 9.01. The van der Waals surface area contributed by atoms with Crippen molar-refractivity contribution in [2.24, 2.45) is 5.41 Å². The van der Waals surface area contributed by atoms with Gasteiger partial charge in [0.25, 0.3) is 0 Å². The summed E-state index contributed by atoms with van der Waals surface area (Å²) in [6.45, 7) is 10.6. The Morgan fingerprint density at radius 3 is 2.36 bits per heavy atom. The van der Waals surface area contributed by atoms with Gasteiger partial charge in [0.1, 0.15) is 5.72 Å². The van der Waals surface area contributed by atoms with Gasteiger partial charge < -0.3 is 4.74 Å². The molecule has 0 aliphatic carbocycles. The van der Waals surface area contributed by atoms with Gasteiger partial charge in [0.15, 0.2) is 0 Å². The number of nitrogens with one attached hydrogen (secondary N) is 1. The lowest BCUT2D eigenvalue weighted by Gasteiger charge is -2.42. The lowest BCUT2D eigenvalue weighted by molar-refractivity contribution is -0.127. The van der Waals surface area contributed by atoms with Crippen LogP contribution >= 0.6 is 0 Å². The van der Waals surface area contributed by atoms with E-state index < -0.39 is 0 Å². The van der Waals surface area contributed by atoms with Crippen LogP contribution in [0.1, 0.15) is 34.1 Å². The Balaban J connectivity index is 2.48. The molecular formula is C9H19NO. The van der Waals surface area contributed by atoms with Crippen LogP contribution in [0.15, 0.2) is 0 Å². The highest BCUT2D eigenvalue weighted by molar-refractivity contribution is 4.83. The Labute approximate surface area is 69.3 Å². The zero-order valence-electron chi connectivity index (χ0n) is 8.03. The van der Waals surface area contributed by atoms with Gasteiger partial charge in [-0.1, -0.05) is 20.8 Å². The number of hydrogen-bond donors (Lipinski definition) is 1. The molecule has 11 heavy (non-hydrogen) atoms. The third-order valence-corrected chi connectivity index (χ3v) is 2.40. The van der Waals surface area contributed by atoms with Crippen LogP contribution in [-0.4, -0.2) is 18.9 Å². The number of rotatable bonds is 1. The van der Waals surface area contributed by atoms with Crippen molar-refractivity contribution in [2.45, 2.75) is 39.8 Å². The molecule has 0 aromatic carbocycles. The van der Waals surface area contributed by atoms with Crippen molar-refractivity contribution in [3.05, 3.63) is 0 Å². The van der Waals surface area contributed by atoms with Gasteiger partial charge in [0, 0.05) is 12.0 Å². The summed E-state index contributed by atoms with van der Waals surface area (Å²) in [5, 5.41) is 3.41. The first-order valence-corrected chi connectivity index (χ1v) is 4.36. The second kappa shape index (κ2) is 2.76. The van der Waals surface area contributed by atoms with Gasteiger partial charge in [0.2, 0.25) is 0 Å². The normalized spacial score (nSPS) is 37.1. The highest BCUT2D eigenvalue weighted by Gasteiger charge is 2.33. The van der Waals surface area contributed by atoms with E-state index in [4.69, 9.17) is 4.74 Å². The Morgan fingerprint density at radius 1 is 1.36 bits per heavy atom. The summed E-state index contributed by atoms with van der Waals surface area (Å²) in [6, 6.07) is 0. The average molecular weight is 157 g/mol. The second-order valence-corrected chi connectivity index (χ2v) is 4.39. The molecule has 1 aliphatic heterocycles. The molecule has 1 rings (SSSR count). The molecule has 0 spiro atoms. The van der Waals surface area contributed by atoms with Crippen LogP contribution in [0.25, 0.3) is 0 Å². The average Bonchev–Trinajstić information content (AvgIpc) is 1.97. The van der Waals surface area contributed by atoms with Gasteiger partial charge in [-0.2, -0.15) is 0 Å². The predicted octanol–water partition coefficient (Wildman–Crippen LogP) is 1.76. The van der Waals surface area contributed by atoms with Gasteiger partial charge in [0.05, 0.1) is 6.61 Å². The fourth-order valence-electron chi connectivity index (χ4n) is 1.11. The van der Waals surface area contributed by atoms with Gasteiger partial charge in [-0.15, -0.1) is 0 Å². The molecule has 0 saturated carbocycles. The van der Waals surface area contributed by atoms with Gasteiger partial charge in [-0.3, -0.25) is 5.32 Å². The highest BCUT2D eigenvalue weighted by Crippen LogP contribution is 2.25. The Kier molecular flexibility index (Phi) is 2.26. The summed E-state index contributed by atoms with van der Waals surface area (Å²) in [6.07, 6.45) is 1.03. The Bertz CT molecular complexity index is 132. The van der Waals surface area contributed by atoms with E-state index >= 15 is 0 Å². The van der Waals surface area contributed by atoms with Gasteiger partial charge in [-0.25, -0.2) is 0 Å². The molecule has 0 aromatic rings. The third kappa shape index (κ3) is 2.17. The second-order valence-electron chi connectivity index (χ2n) is 4.39. The SMILES string of the molecule is CCC1(C)NCC(C)(C)CO1. The van der Waals surface area contributed by atoms with Crippen molar-refractivity contribution >= 4 is 0 Å².